The SMILES string of the molecule is O=C1c2ccccc2S(=O)(=O)N1CC1(CS)CCCC1. The van der Waals surface area contributed by atoms with Crippen LogP contribution in [-0.4, -0.2) is 30.9 Å². The maximum Gasteiger partial charge on any atom is 0.269 e. The van der Waals surface area contributed by atoms with Crippen molar-refractivity contribution in [2.45, 2.75) is 30.6 Å². The number of hydrogen-bond acceptors (Lipinski definition) is 4. The molecule has 0 bridgehead atoms. The lowest BCUT2D eigenvalue weighted by Gasteiger charge is -2.31. The highest BCUT2D eigenvalue weighted by atomic mass is 32.2. The van der Waals surface area contributed by atoms with Gasteiger partial charge >= 0.3 is 0 Å². The largest absolute Gasteiger partial charge is 0.269 e. The van der Waals surface area contributed by atoms with Gasteiger partial charge in [-0.05, 0) is 36.1 Å². The smallest absolute Gasteiger partial charge is 0.268 e. The van der Waals surface area contributed by atoms with Crippen LogP contribution in [-0.2, 0) is 10.0 Å². The van der Waals surface area contributed by atoms with Gasteiger partial charge in [-0.15, -0.1) is 0 Å². The highest BCUT2D eigenvalue weighted by Crippen LogP contribution is 2.42. The lowest BCUT2D eigenvalue weighted by atomic mass is 9.88. The summed E-state index contributed by atoms with van der Waals surface area (Å²) in [5, 5.41) is 0. The minimum atomic E-state index is -3.68. The molecule has 1 fully saturated rings. The van der Waals surface area contributed by atoms with Crippen molar-refractivity contribution < 1.29 is 13.2 Å². The quantitative estimate of drug-likeness (QED) is 0.872. The van der Waals surface area contributed by atoms with E-state index in [2.05, 4.69) is 12.6 Å². The van der Waals surface area contributed by atoms with E-state index in [9.17, 15) is 13.2 Å². The number of benzene rings is 1. The minimum absolute atomic E-state index is 0.136. The number of fused-ring (bicyclic) bond motifs is 1. The Morgan fingerprint density at radius 2 is 1.85 bits per heavy atom. The summed E-state index contributed by atoms with van der Waals surface area (Å²) in [5.74, 6) is 0.219. The average Bonchev–Trinajstić information content (AvgIpc) is 2.99. The molecule has 0 atom stereocenters. The Morgan fingerprint density at radius 1 is 1.20 bits per heavy atom. The third kappa shape index (κ3) is 1.97. The Balaban J connectivity index is 1.98. The molecule has 3 rings (SSSR count). The average molecular weight is 311 g/mol. The molecule has 1 aliphatic carbocycles. The van der Waals surface area contributed by atoms with Crippen LogP contribution in [0.1, 0.15) is 36.0 Å². The molecule has 1 aromatic carbocycles. The van der Waals surface area contributed by atoms with Gasteiger partial charge in [-0.2, -0.15) is 12.6 Å². The van der Waals surface area contributed by atoms with Crippen LogP contribution in [0.25, 0.3) is 0 Å². The molecule has 0 aromatic heterocycles. The van der Waals surface area contributed by atoms with E-state index in [1.54, 1.807) is 18.2 Å². The normalized spacial score (nSPS) is 23.1. The summed E-state index contributed by atoms with van der Waals surface area (Å²) in [5.41, 5.74) is 0.133. The van der Waals surface area contributed by atoms with Gasteiger partial charge in [0.05, 0.1) is 5.56 Å². The van der Waals surface area contributed by atoms with Crippen molar-refractivity contribution in [2.24, 2.45) is 5.41 Å². The summed E-state index contributed by atoms with van der Waals surface area (Å²) in [6.07, 6.45) is 4.03. The molecule has 2 aliphatic rings. The molecule has 0 N–H and O–H groups in total. The van der Waals surface area contributed by atoms with Gasteiger partial charge in [-0.25, -0.2) is 12.7 Å². The highest BCUT2D eigenvalue weighted by Gasteiger charge is 2.45. The van der Waals surface area contributed by atoms with Crippen molar-refractivity contribution in [3.63, 3.8) is 0 Å². The van der Waals surface area contributed by atoms with Gasteiger partial charge < -0.3 is 0 Å². The first-order chi connectivity index (χ1) is 9.50. The van der Waals surface area contributed by atoms with Crippen LogP contribution in [0.4, 0.5) is 0 Å². The molecule has 0 spiro atoms. The molecular formula is C14H17NO3S2. The Hall–Kier alpha value is -1.01. The van der Waals surface area contributed by atoms with Crippen molar-refractivity contribution in [1.82, 2.24) is 4.31 Å². The number of hydrogen-bond donors (Lipinski definition) is 1. The summed E-state index contributed by atoms with van der Waals surface area (Å²) in [6, 6.07) is 6.43. The summed E-state index contributed by atoms with van der Waals surface area (Å²) >= 11 is 4.39. The summed E-state index contributed by atoms with van der Waals surface area (Å²) in [6.45, 7) is 0.256. The third-order valence-corrected chi connectivity index (χ3v) is 6.85. The summed E-state index contributed by atoms with van der Waals surface area (Å²) in [7, 11) is -3.68. The monoisotopic (exact) mass is 311 g/mol. The maximum absolute atomic E-state index is 12.5. The lowest BCUT2D eigenvalue weighted by molar-refractivity contribution is 0.0830. The Labute approximate surface area is 124 Å². The second kappa shape index (κ2) is 4.77. The lowest BCUT2D eigenvalue weighted by Crippen LogP contribution is -2.40. The van der Waals surface area contributed by atoms with Crippen molar-refractivity contribution >= 4 is 28.6 Å². The summed E-state index contributed by atoms with van der Waals surface area (Å²) < 4.78 is 26.1. The summed E-state index contributed by atoms with van der Waals surface area (Å²) in [4.78, 5) is 12.5. The fourth-order valence-electron chi connectivity index (χ4n) is 3.18. The van der Waals surface area contributed by atoms with E-state index in [-0.39, 0.29) is 16.9 Å². The van der Waals surface area contributed by atoms with Gasteiger partial charge in [-0.1, -0.05) is 25.0 Å². The number of nitrogens with zero attached hydrogens (tertiary/aromatic N) is 1. The molecule has 1 amide bonds. The second-order valence-electron chi connectivity index (χ2n) is 5.68. The number of thiol groups is 1. The first kappa shape index (κ1) is 13.9. The molecule has 1 saturated carbocycles. The Morgan fingerprint density at radius 3 is 2.45 bits per heavy atom. The topological polar surface area (TPSA) is 54.5 Å². The van der Waals surface area contributed by atoms with Crippen LogP contribution in [0.5, 0.6) is 0 Å². The number of sulfonamides is 1. The molecule has 1 aromatic rings. The standard InChI is InChI=1S/C14H17NO3S2/c16-13-11-5-1-2-6-12(11)20(17,18)15(13)9-14(10-19)7-3-4-8-14/h1-2,5-6,19H,3-4,7-10H2. The van der Waals surface area contributed by atoms with Gasteiger partial charge in [0.15, 0.2) is 0 Å². The van der Waals surface area contributed by atoms with Gasteiger partial charge in [0, 0.05) is 6.54 Å². The number of carbonyl (C=O) groups excluding carboxylic acids is 1. The van der Waals surface area contributed by atoms with E-state index >= 15 is 0 Å². The van der Waals surface area contributed by atoms with E-state index in [4.69, 9.17) is 0 Å². The van der Waals surface area contributed by atoms with Crippen molar-refractivity contribution in [2.75, 3.05) is 12.3 Å². The number of amides is 1. The third-order valence-electron chi connectivity index (χ3n) is 4.39. The van der Waals surface area contributed by atoms with Crippen molar-refractivity contribution in [3.05, 3.63) is 29.8 Å². The predicted molar refractivity (Wildman–Crippen MR) is 79.4 cm³/mol. The first-order valence-corrected chi connectivity index (χ1v) is 8.84. The van der Waals surface area contributed by atoms with E-state index < -0.39 is 15.9 Å². The minimum Gasteiger partial charge on any atom is -0.268 e. The molecule has 20 heavy (non-hydrogen) atoms. The fraction of sp³-hybridized carbons (Fsp3) is 0.500. The van der Waals surface area contributed by atoms with Crippen molar-refractivity contribution in [3.8, 4) is 0 Å². The molecule has 108 valence electrons. The Bertz CT molecular complexity index is 648. The van der Waals surface area contributed by atoms with Crippen LogP contribution in [0.15, 0.2) is 29.2 Å². The van der Waals surface area contributed by atoms with Crippen LogP contribution in [0.2, 0.25) is 0 Å². The van der Waals surface area contributed by atoms with Gasteiger partial charge in [-0.3, -0.25) is 4.79 Å². The second-order valence-corrected chi connectivity index (χ2v) is 7.83. The van der Waals surface area contributed by atoms with Gasteiger partial charge in [0.1, 0.15) is 4.90 Å². The molecule has 4 nitrogen and oxygen atoms in total. The van der Waals surface area contributed by atoms with E-state index in [0.717, 1.165) is 30.0 Å². The zero-order chi connectivity index (χ0) is 14.4. The molecule has 1 aliphatic heterocycles. The van der Waals surface area contributed by atoms with E-state index in [1.165, 1.54) is 6.07 Å². The van der Waals surface area contributed by atoms with E-state index in [0.29, 0.717) is 11.3 Å². The molecule has 0 radical (unpaired) electrons. The molecule has 6 heteroatoms. The van der Waals surface area contributed by atoms with Crippen LogP contribution >= 0.6 is 12.6 Å². The molecule has 1 heterocycles. The highest BCUT2D eigenvalue weighted by molar-refractivity contribution is 7.90. The van der Waals surface area contributed by atoms with Crippen LogP contribution < -0.4 is 0 Å². The number of carbonyl (C=O) groups is 1. The van der Waals surface area contributed by atoms with E-state index in [1.807, 2.05) is 0 Å². The zero-order valence-electron chi connectivity index (χ0n) is 11.1. The van der Waals surface area contributed by atoms with Crippen molar-refractivity contribution in [1.29, 1.82) is 0 Å². The maximum atomic E-state index is 12.5. The molecule has 0 unspecified atom stereocenters. The molecule has 0 saturated heterocycles. The van der Waals surface area contributed by atoms with Crippen LogP contribution in [0.3, 0.4) is 0 Å². The number of rotatable bonds is 3. The predicted octanol–water partition coefficient (Wildman–Crippen LogP) is 2.32. The van der Waals surface area contributed by atoms with Gasteiger partial charge in [0.2, 0.25) is 0 Å². The van der Waals surface area contributed by atoms with Crippen LogP contribution in [0, 0.1) is 5.41 Å². The zero-order valence-corrected chi connectivity index (χ0v) is 12.8. The molecular weight excluding hydrogens is 294 g/mol. The first-order valence-electron chi connectivity index (χ1n) is 6.77. The van der Waals surface area contributed by atoms with Gasteiger partial charge in [0.25, 0.3) is 15.9 Å². The Kier molecular flexibility index (Phi) is 3.33. The fourth-order valence-corrected chi connectivity index (χ4v) is 5.28.